The Morgan fingerprint density at radius 2 is 2.33 bits per heavy atom. The standard InChI is InChI=1S/C15H19N5O/c1-2-19-8-13-6-12(19)9-20(13)15(21)17-11-3-4-14-10(5-11)7-16-18-14/h3-5,7,12-13H,2,6,8-9H2,1H3,(H,16,18)(H,17,21)/t12-,13-/m1/s1. The van der Waals surface area contributed by atoms with Gasteiger partial charge in [0.25, 0.3) is 0 Å². The van der Waals surface area contributed by atoms with Gasteiger partial charge in [0.15, 0.2) is 0 Å². The molecule has 0 saturated carbocycles. The van der Waals surface area contributed by atoms with Crippen molar-refractivity contribution in [2.75, 3.05) is 25.0 Å². The van der Waals surface area contributed by atoms with Gasteiger partial charge < -0.3 is 10.2 Å². The molecule has 6 heteroatoms. The van der Waals surface area contributed by atoms with Gasteiger partial charge in [-0.2, -0.15) is 5.10 Å². The minimum atomic E-state index is 0.0149. The van der Waals surface area contributed by atoms with E-state index in [1.807, 2.05) is 23.1 Å². The van der Waals surface area contributed by atoms with E-state index in [0.29, 0.717) is 12.1 Å². The highest BCUT2D eigenvalue weighted by Crippen LogP contribution is 2.30. The second-order valence-corrected chi connectivity index (χ2v) is 5.89. The van der Waals surface area contributed by atoms with Gasteiger partial charge in [-0.05, 0) is 31.2 Å². The number of carbonyl (C=O) groups is 1. The van der Waals surface area contributed by atoms with Gasteiger partial charge in [0.05, 0.1) is 11.7 Å². The summed E-state index contributed by atoms with van der Waals surface area (Å²) in [7, 11) is 0. The van der Waals surface area contributed by atoms with Crippen LogP contribution in [0, 0.1) is 0 Å². The van der Waals surface area contributed by atoms with Crippen molar-refractivity contribution in [2.24, 2.45) is 0 Å². The number of hydrogen-bond donors (Lipinski definition) is 2. The lowest BCUT2D eigenvalue weighted by Crippen LogP contribution is -2.49. The van der Waals surface area contributed by atoms with Crippen molar-refractivity contribution < 1.29 is 4.79 Å². The number of aromatic nitrogens is 2. The Hall–Kier alpha value is -2.08. The molecule has 3 heterocycles. The summed E-state index contributed by atoms with van der Waals surface area (Å²) in [4.78, 5) is 16.9. The number of likely N-dealkylation sites (N-methyl/N-ethyl adjacent to an activating group) is 1. The zero-order chi connectivity index (χ0) is 14.4. The number of nitrogens with zero attached hydrogens (tertiary/aromatic N) is 3. The van der Waals surface area contributed by atoms with Crippen molar-refractivity contribution >= 4 is 22.6 Å². The average molecular weight is 285 g/mol. The number of carbonyl (C=O) groups excluding carboxylic acids is 1. The summed E-state index contributed by atoms with van der Waals surface area (Å²) in [6.45, 7) is 5.12. The molecule has 2 aliphatic rings. The first-order valence-electron chi connectivity index (χ1n) is 7.49. The molecule has 2 amide bonds. The number of rotatable bonds is 2. The van der Waals surface area contributed by atoms with Gasteiger partial charge >= 0.3 is 6.03 Å². The van der Waals surface area contributed by atoms with Crippen LogP contribution in [0.25, 0.3) is 10.9 Å². The van der Waals surface area contributed by atoms with Crippen molar-refractivity contribution in [3.05, 3.63) is 24.4 Å². The second-order valence-electron chi connectivity index (χ2n) is 5.89. The zero-order valence-electron chi connectivity index (χ0n) is 12.0. The molecule has 2 atom stereocenters. The first-order chi connectivity index (χ1) is 10.2. The third-order valence-corrected chi connectivity index (χ3v) is 4.71. The van der Waals surface area contributed by atoms with E-state index in [4.69, 9.17) is 0 Å². The van der Waals surface area contributed by atoms with Crippen LogP contribution in [0.3, 0.4) is 0 Å². The Morgan fingerprint density at radius 3 is 3.10 bits per heavy atom. The van der Waals surface area contributed by atoms with Gasteiger partial charge in [-0.1, -0.05) is 6.92 Å². The van der Waals surface area contributed by atoms with E-state index in [2.05, 4.69) is 27.3 Å². The minimum Gasteiger partial charge on any atom is -0.319 e. The van der Waals surface area contributed by atoms with Crippen molar-refractivity contribution in [3.63, 3.8) is 0 Å². The van der Waals surface area contributed by atoms with E-state index < -0.39 is 0 Å². The third kappa shape index (κ3) is 2.06. The van der Waals surface area contributed by atoms with Crippen LogP contribution in [0.2, 0.25) is 0 Å². The van der Waals surface area contributed by atoms with E-state index in [9.17, 15) is 4.79 Å². The largest absolute Gasteiger partial charge is 0.322 e. The highest BCUT2D eigenvalue weighted by atomic mass is 16.2. The lowest BCUT2D eigenvalue weighted by Gasteiger charge is -2.33. The van der Waals surface area contributed by atoms with Crippen LogP contribution in [-0.2, 0) is 0 Å². The Balaban J connectivity index is 1.47. The molecule has 110 valence electrons. The average Bonchev–Trinajstić information content (AvgIpc) is 3.20. The fourth-order valence-corrected chi connectivity index (χ4v) is 3.60. The number of anilines is 1. The van der Waals surface area contributed by atoms with E-state index in [-0.39, 0.29) is 6.03 Å². The Labute approximate surface area is 123 Å². The molecular weight excluding hydrogens is 266 g/mol. The smallest absolute Gasteiger partial charge is 0.319 e. The number of H-pyrrole nitrogens is 1. The summed E-state index contributed by atoms with van der Waals surface area (Å²) in [5.41, 5.74) is 1.80. The molecule has 0 aliphatic carbocycles. The number of benzene rings is 1. The van der Waals surface area contributed by atoms with Gasteiger partial charge in [0.1, 0.15) is 0 Å². The van der Waals surface area contributed by atoms with E-state index in [0.717, 1.165) is 42.6 Å². The van der Waals surface area contributed by atoms with Crippen LogP contribution in [0.1, 0.15) is 13.3 Å². The summed E-state index contributed by atoms with van der Waals surface area (Å²) in [5, 5.41) is 10.9. The number of amides is 2. The van der Waals surface area contributed by atoms with E-state index >= 15 is 0 Å². The van der Waals surface area contributed by atoms with Gasteiger partial charge in [-0.15, -0.1) is 0 Å². The quantitative estimate of drug-likeness (QED) is 0.885. The predicted octanol–water partition coefficient (Wildman–Crippen LogP) is 1.87. The Morgan fingerprint density at radius 1 is 1.43 bits per heavy atom. The summed E-state index contributed by atoms with van der Waals surface area (Å²) in [6, 6.07) is 6.72. The van der Waals surface area contributed by atoms with E-state index in [1.54, 1.807) is 6.20 Å². The first kappa shape index (κ1) is 12.6. The van der Waals surface area contributed by atoms with Crippen LogP contribution >= 0.6 is 0 Å². The van der Waals surface area contributed by atoms with Crippen molar-refractivity contribution in [1.82, 2.24) is 20.0 Å². The number of likely N-dealkylation sites (tertiary alicyclic amines) is 2. The highest BCUT2D eigenvalue weighted by molar-refractivity contribution is 5.93. The number of urea groups is 1. The molecule has 4 rings (SSSR count). The maximum absolute atomic E-state index is 12.4. The number of aromatic amines is 1. The molecule has 2 aliphatic heterocycles. The van der Waals surface area contributed by atoms with Crippen molar-refractivity contribution in [3.8, 4) is 0 Å². The number of hydrogen-bond acceptors (Lipinski definition) is 3. The first-order valence-corrected chi connectivity index (χ1v) is 7.49. The highest BCUT2D eigenvalue weighted by Gasteiger charge is 2.44. The predicted molar refractivity (Wildman–Crippen MR) is 81.3 cm³/mol. The lowest BCUT2D eigenvalue weighted by atomic mass is 10.2. The molecule has 1 aromatic heterocycles. The van der Waals surface area contributed by atoms with Gasteiger partial charge in [-0.25, -0.2) is 4.79 Å². The van der Waals surface area contributed by atoms with Gasteiger partial charge in [-0.3, -0.25) is 10.00 Å². The molecule has 2 saturated heterocycles. The molecule has 21 heavy (non-hydrogen) atoms. The third-order valence-electron chi connectivity index (χ3n) is 4.71. The van der Waals surface area contributed by atoms with Gasteiger partial charge in [0, 0.05) is 36.2 Å². The molecule has 2 bridgehead atoms. The molecule has 2 N–H and O–H groups in total. The summed E-state index contributed by atoms with van der Waals surface area (Å²) >= 11 is 0. The Kier molecular flexibility index (Phi) is 2.85. The van der Waals surface area contributed by atoms with Crippen LogP contribution in [0.5, 0.6) is 0 Å². The lowest BCUT2D eigenvalue weighted by molar-refractivity contribution is 0.148. The molecule has 6 nitrogen and oxygen atoms in total. The fraction of sp³-hybridized carbons (Fsp3) is 0.467. The maximum atomic E-state index is 12.4. The summed E-state index contributed by atoms with van der Waals surface area (Å²) < 4.78 is 0. The molecule has 2 aromatic rings. The van der Waals surface area contributed by atoms with Crippen LogP contribution in [0.15, 0.2) is 24.4 Å². The fourth-order valence-electron chi connectivity index (χ4n) is 3.60. The molecular formula is C15H19N5O. The number of nitrogens with one attached hydrogen (secondary N) is 2. The van der Waals surface area contributed by atoms with Crippen LogP contribution in [0.4, 0.5) is 10.5 Å². The number of piperazine rings is 1. The van der Waals surface area contributed by atoms with E-state index in [1.165, 1.54) is 0 Å². The van der Waals surface area contributed by atoms with Crippen LogP contribution in [-0.4, -0.2) is 57.7 Å². The molecule has 0 unspecified atom stereocenters. The summed E-state index contributed by atoms with van der Waals surface area (Å²) in [5.74, 6) is 0. The zero-order valence-corrected chi connectivity index (χ0v) is 12.0. The Bertz CT molecular complexity index is 682. The topological polar surface area (TPSA) is 64.3 Å². The SMILES string of the molecule is CCN1C[C@H]2C[C@@H]1CN2C(=O)Nc1ccc2[nH]ncc2c1. The molecule has 0 radical (unpaired) electrons. The molecule has 0 spiro atoms. The maximum Gasteiger partial charge on any atom is 0.322 e. The molecule has 2 fully saturated rings. The normalized spacial score (nSPS) is 24.9. The molecule has 1 aromatic carbocycles. The van der Waals surface area contributed by atoms with Crippen molar-refractivity contribution in [2.45, 2.75) is 25.4 Å². The van der Waals surface area contributed by atoms with Gasteiger partial charge in [0.2, 0.25) is 0 Å². The summed E-state index contributed by atoms with van der Waals surface area (Å²) in [6.07, 6.45) is 2.88. The minimum absolute atomic E-state index is 0.0149. The number of fused-ring (bicyclic) bond motifs is 3. The monoisotopic (exact) mass is 285 g/mol. The van der Waals surface area contributed by atoms with Crippen molar-refractivity contribution in [1.29, 1.82) is 0 Å². The second kappa shape index (κ2) is 4.73. The van der Waals surface area contributed by atoms with Crippen LogP contribution < -0.4 is 5.32 Å².